The zero-order valence-electron chi connectivity index (χ0n) is 21.5. The van der Waals surface area contributed by atoms with Crippen LogP contribution in [0.1, 0.15) is 16.7 Å². The highest BCUT2D eigenvalue weighted by Gasteiger charge is 2.38. The van der Waals surface area contributed by atoms with Crippen molar-refractivity contribution in [2.45, 2.75) is 5.60 Å². The van der Waals surface area contributed by atoms with E-state index in [1.54, 1.807) is 0 Å². The van der Waals surface area contributed by atoms with Crippen molar-refractivity contribution in [2.75, 3.05) is 0 Å². The molecule has 0 aliphatic carbocycles. The van der Waals surface area contributed by atoms with Crippen molar-refractivity contribution in [1.82, 2.24) is 0 Å². The van der Waals surface area contributed by atoms with E-state index in [-0.39, 0.29) is 0 Å². The summed E-state index contributed by atoms with van der Waals surface area (Å²) in [5.74, 6) is 0. The van der Waals surface area contributed by atoms with Gasteiger partial charge in [0.2, 0.25) is 0 Å². The van der Waals surface area contributed by atoms with E-state index < -0.39 is 5.60 Å². The Hall–Kier alpha value is -5.12. The summed E-state index contributed by atoms with van der Waals surface area (Å²) >= 11 is 0. The van der Waals surface area contributed by atoms with E-state index in [1.165, 1.54) is 0 Å². The molecule has 190 valence electrons. The molecule has 0 aliphatic heterocycles. The van der Waals surface area contributed by atoms with Crippen molar-refractivity contribution in [3.63, 3.8) is 0 Å². The first kappa shape index (κ1) is 22.8. The highest BCUT2D eigenvalue weighted by molar-refractivity contribution is 6.18. The van der Waals surface area contributed by atoms with Gasteiger partial charge in [0.25, 0.3) is 0 Å². The quantitative estimate of drug-likeness (QED) is 0.237. The number of furan rings is 2. The average molecular weight is 517 g/mol. The van der Waals surface area contributed by atoms with Gasteiger partial charge in [0.05, 0.1) is 0 Å². The highest BCUT2D eigenvalue weighted by Crippen LogP contribution is 2.48. The van der Waals surface area contributed by atoms with Gasteiger partial charge >= 0.3 is 0 Å². The molecule has 0 unspecified atom stereocenters. The molecule has 2 aromatic heterocycles. The fourth-order valence-corrected chi connectivity index (χ4v) is 6.18. The lowest BCUT2D eigenvalue weighted by Crippen LogP contribution is -2.29. The van der Waals surface area contributed by atoms with E-state index in [4.69, 9.17) is 8.83 Å². The molecule has 0 radical (unpaired) electrons. The Bertz CT molecular complexity index is 2130. The Balaban J connectivity index is 1.58. The van der Waals surface area contributed by atoms with Crippen LogP contribution in [0.4, 0.5) is 0 Å². The minimum atomic E-state index is -1.45. The molecule has 3 heteroatoms. The number of hydrogen-bond donors (Lipinski definition) is 1. The van der Waals surface area contributed by atoms with Crippen molar-refractivity contribution < 1.29 is 13.9 Å². The summed E-state index contributed by atoms with van der Waals surface area (Å²) in [6, 6.07) is 46.1. The van der Waals surface area contributed by atoms with Crippen LogP contribution in [0.15, 0.2) is 148 Å². The van der Waals surface area contributed by atoms with Gasteiger partial charge < -0.3 is 13.9 Å². The zero-order valence-corrected chi connectivity index (χ0v) is 21.5. The second kappa shape index (κ2) is 8.70. The van der Waals surface area contributed by atoms with Gasteiger partial charge in [0.15, 0.2) is 0 Å². The lowest BCUT2D eigenvalue weighted by Gasteiger charge is -2.32. The summed E-state index contributed by atoms with van der Waals surface area (Å²) < 4.78 is 12.9. The Morgan fingerprint density at radius 2 is 1.02 bits per heavy atom. The molecule has 0 amide bonds. The summed E-state index contributed by atoms with van der Waals surface area (Å²) in [7, 11) is 0. The number of aliphatic hydroxyl groups is 1. The largest absolute Gasteiger partial charge is 0.456 e. The second-order valence-electron chi connectivity index (χ2n) is 10.2. The molecule has 0 fully saturated rings. The lowest BCUT2D eigenvalue weighted by atomic mass is 9.76. The SMILES string of the molecule is OC(c1ccccc1)(c1ccccc1)c1ccc2c(oc3ccccc32)c1-c1cccc2oc3ccccc3c12. The van der Waals surface area contributed by atoms with E-state index in [9.17, 15) is 5.11 Å². The van der Waals surface area contributed by atoms with E-state index >= 15 is 0 Å². The molecular formula is C37H24O3. The summed E-state index contributed by atoms with van der Waals surface area (Å²) in [6.07, 6.45) is 0. The normalized spacial score (nSPS) is 12.1. The van der Waals surface area contributed by atoms with Gasteiger partial charge in [-0.2, -0.15) is 0 Å². The van der Waals surface area contributed by atoms with E-state index in [2.05, 4.69) is 30.3 Å². The maximum Gasteiger partial charge on any atom is 0.143 e. The van der Waals surface area contributed by atoms with Gasteiger partial charge in [-0.15, -0.1) is 0 Å². The summed E-state index contributed by atoms with van der Waals surface area (Å²) in [5.41, 5.74) is 5.81. The molecule has 8 rings (SSSR count). The number of rotatable bonds is 4. The van der Waals surface area contributed by atoms with Crippen molar-refractivity contribution in [1.29, 1.82) is 0 Å². The number of para-hydroxylation sites is 2. The fraction of sp³-hybridized carbons (Fsp3) is 0.0270. The predicted octanol–water partition coefficient (Wildman–Crippen LogP) is 9.44. The van der Waals surface area contributed by atoms with Crippen molar-refractivity contribution in [3.8, 4) is 11.1 Å². The molecule has 8 aromatic rings. The summed E-state index contributed by atoms with van der Waals surface area (Å²) in [4.78, 5) is 0. The third kappa shape index (κ3) is 3.22. The first-order valence-corrected chi connectivity index (χ1v) is 13.4. The van der Waals surface area contributed by atoms with Crippen LogP contribution in [0.5, 0.6) is 0 Å². The maximum absolute atomic E-state index is 13.0. The lowest BCUT2D eigenvalue weighted by molar-refractivity contribution is 0.126. The predicted molar refractivity (Wildman–Crippen MR) is 161 cm³/mol. The minimum Gasteiger partial charge on any atom is -0.456 e. The van der Waals surface area contributed by atoms with E-state index in [1.807, 2.05) is 109 Å². The second-order valence-corrected chi connectivity index (χ2v) is 10.2. The fourth-order valence-electron chi connectivity index (χ4n) is 6.18. The Kier molecular flexibility index (Phi) is 4.97. The maximum atomic E-state index is 13.0. The molecule has 0 saturated heterocycles. The van der Waals surface area contributed by atoms with Crippen LogP contribution in [0.25, 0.3) is 55.0 Å². The molecule has 6 aromatic carbocycles. The van der Waals surface area contributed by atoms with Crippen molar-refractivity contribution >= 4 is 43.9 Å². The standard InChI is InChI=1S/C37H24O3/c38-37(24-12-3-1-4-13-24,25-14-5-2-6-15-25)30-23-22-27-26-16-7-9-19-31(26)40-36(27)35(30)29-18-11-21-33-34(29)28-17-8-10-20-32(28)39-33/h1-23,38H. The number of fused-ring (bicyclic) bond motifs is 6. The van der Waals surface area contributed by atoms with E-state index in [0.29, 0.717) is 0 Å². The molecule has 0 atom stereocenters. The Morgan fingerprint density at radius 1 is 0.450 bits per heavy atom. The van der Waals surface area contributed by atoms with Crippen LogP contribution in [-0.4, -0.2) is 5.11 Å². The Labute approximate surface area is 230 Å². The van der Waals surface area contributed by atoms with Crippen LogP contribution in [0, 0.1) is 0 Å². The molecule has 0 saturated carbocycles. The zero-order chi connectivity index (χ0) is 26.7. The average Bonchev–Trinajstić information content (AvgIpc) is 3.60. The van der Waals surface area contributed by atoms with Crippen LogP contribution in [0.3, 0.4) is 0 Å². The molecule has 0 bridgehead atoms. The molecule has 3 nitrogen and oxygen atoms in total. The van der Waals surface area contributed by atoms with Gasteiger partial charge in [0.1, 0.15) is 27.9 Å². The van der Waals surface area contributed by atoms with Gasteiger partial charge in [-0.1, -0.05) is 121 Å². The monoisotopic (exact) mass is 516 g/mol. The first-order valence-electron chi connectivity index (χ1n) is 13.4. The number of benzene rings is 6. The topological polar surface area (TPSA) is 46.5 Å². The van der Waals surface area contributed by atoms with Crippen molar-refractivity contribution in [2.24, 2.45) is 0 Å². The Morgan fingerprint density at radius 3 is 1.73 bits per heavy atom. The van der Waals surface area contributed by atoms with Crippen LogP contribution in [0.2, 0.25) is 0 Å². The minimum absolute atomic E-state index is 0.738. The summed E-state index contributed by atoms with van der Waals surface area (Å²) in [6.45, 7) is 0. The highest BCUT2D eigenvalue weighted by atomic mass is 16.3. The van der Waals surface area contributed by atoms with Gasteiger partial charge in [-0.25, -0.2) is 0 Å². The first-order chi connectivity index (χ1) is 19.7. The smallest absolute Gasteiger partial charge is 0.143 e. The third-order valence-corrected chi connectivity index (χ3v) is 7.99. The molecule has 2 heterocycles. The van der Waals surface area contributed by atoms with E-state index in [0.717, 1.165) is 71.7 Å². The van der Waals surface area contributed by atoms with Gasteiger partial charge in [-0.3, -0.25) is 0 Å². The molecule has 0 spiro atoms. The molecule has 40 heavy (non-hydrogen) atoms. The molecule has 0 aliphatic rings. The van der Waals surface area contributed by atoms with Crippen LogP contribution >= 0.6 is 0 Å². The van der Waals surface area contributed by atoms with Crippen LogP contribution in [-0.2, 0) is 5.60 Å². The number of hydrogen-bond acceptors (Lipinski definition) is 3. The van der Waals surface area contributed by atoms with Gasteiger partial charge in [-0.05, 0) is 34.9 Å². The molecular weight excluding hydrogens is 492 g/mol. The van der Waals surface area contributed by atoms with Crippen LogP contribution < -0.4 is 0 Å². The summed E-state index contributed by atoms with van der Waals surface area (Å²) in [5, 5.41) is 17.0. The van der Waals surface area contributed by atoms with Crippen molar-refractivity contribution in [3.05, 3.63) is 156 Å². The third-order valence-electron chi connectivity index (χ3n) is 7.99. The van der Waals surface area contributed by atoms with Gasteiger partial charge in [0, 0.05) is 32.7 Å². The molecule has 1 N–H and O–H groups in total.